The molecule has 0 fully saturated rings. The summed E-state index contributed by atoms with van der Waals surface area (Å²) in [7, 11) is 0. The number of nitro groups is 1. The van der Waals surface area contributed by atoms with Crippen molar-refractivity contribution in [3.8, 4) is 5.69 Å². The number of benzene rings is 3. The van der Waals surface area contributed by atoms with Gasteiger partial charge in [0.05, 0.1) is 10.6 Å². The third-order valence-electron chi connectivity index (χ3n) is 5.13. The molecule has 1 N–H and O–H groups in total. The minimum Gasteiger partial charge on any atom is -0.349 e. The Morgan fingerprint density at radius 3 is 2.50 bits per heavy atom. The molecule has 0 atom stereocenters. The highest BCUT2D eigenvalue weighted by Gasteiger charge is 2.18. The molecule has 0 spiro atoms. The Morgan fingerprint density at radius 2 is 1.75 bits per heavy atom. The summed E-state index contributed by atoms with van der Waals surface area (Å²) in [6, 6.07) is 19.6. The van der Waals surface area contributed by atoms with Crippen molar-refractivity contribution in [3.05, 3.63) is 105 Å². The lowest BCUT2D eigenvalue weighted by atomic mass is 10.2. The number of aromatic nitrogens is 3. The van der Waals surface area contributed by atoms with E-state index in [2.05, 4.69) is 4.98 Å². The number of fused-ring (bicyclic) bond motifs is 3. The largest absolute Gasteiger partial charge is 0.349 e. The molecule has 0 amide bonds. The van der Waals surface area contributed by atoms with Crippen molar-refractivity contribution < 1.29 is 9.31 Å². The van der Waals surface area contributed by atoms with Crippen LogP contribution in [0.4, 0.5) is 10.1 Å². The topological polar surface area (TPSA) is 93.8 Å². The van der Waals surface area contributed by atoms with Crippen LogP contribution < -0.4 is 5.56 Å². The molecule has 5 aromatic rings. The zero-order chi connectivity index (χ0) is 22.2. The number of rotatable bonds is 5. The van der Waals surface area contributed by atoms with Crippen molar-refractivity contribution in [1.29, 1.82) is 0 Å². The maximum absolute atomic E-state index is 14.2. The van der Waals surface area contributed by atoms with E-state index >= 15 is 0 Å². The molecule has 0 aliphatic heterocycles. The van der Waals surface area contributed by atoms with Gasteiger partial charge >= 0.3 is 0 Å². The van der Waals surface area contributed by atoms with Crippen LogP contribution in [0.5, 0.6) is 0 Å². The molecule has 3 aromatic carbocycles. The Labute approximate surface area is 184 Å². The molecule has 32 heavy (non-hydrogen) atoms. The van der Waals surface area contributed by atoms with Crippen LogP contribution in [0.3, 0.4) is 0 Å². The van der Waals surface area contributed by atoms with Gasteiger partial charge < -0.3 is 4.98 Å². The third-order valence-corrected chi connectivity index (χ3v) is 6.12. The number of non-ortho nitro benzene ring substituents is 1. The standard InChI is InChI=1S/C23H15FN4O3S/c24-18-7-3-1-5-14(18)13-32-23-26-20-17-6-2-4-8-19(17)25-21(20)22(29)27(23)15-9-11-16(12-10-15)28(30)31/h1-12,25H,13H2. The minimum atomic E-state index is -0.500. The van der Waals surface area contributed by atoms with Gasteiger partial charge in [-0.25, -0.2) is 9.37 Å². The fraction of sp³-hybridized carbons (Fsp3) is 0.0435. The van der Waals surface area contributed by atoms with Gasteiger partial charge in [0, 0.05) is 28.8 Å². The van der Waals surface area contributed by atoms with Crippen LogP contribution in [0.25, 0.3) is 27.6 Å². The maximum Gasteiger partial charge on any atom is 0.283 e. The number of halogens is 1. The summed E-state index contributed by atoms with van der Waals surface area (Å²) in [5.41, 5.74) is 2.14. The second-order valence-corrected chi connectivity index (χ2v) is 8.03. The van der Waals surface area contributed by atoms with Gasteiger partial charge in [-0.05, 0) is 29.8 Å². The number of hydrogen-bond acceptors (Lipinski definition) is 5. The summed E-state index contributed by atoms with van der Waals surface area (Å²) in [6.07, 6.45) is 0. The normalized spacial score (nSPS) is 11.3. The number of aromatic amines is 1. The Bertz CT molecular complexity index is 1540. The smallest absolute Gasteiger partial charge is 0.283 e. The highest BCUT2D eigenvalue weighted by atomic mass is 32.2. The quantitative estimate of drug-likeness (QED) is 0.173. The predicted molar refractivity (Wildman–Crippen MR) is 122 cm³/mol. The summed E-state index contributed by atoms with van der Waals surface area (Å²) in [5, 5.41) is 12.2. The summed E-state index contributed by atoms with van der Waals surface area (Å²) < 4.78 is 15.6. The molecule has 9 heteroatoms. The van der Waals surface area contributed by atoms with E-state index in [-0.39, 0.29) is 22.8 Å². The lowest BCUT2D eigenvalue weighted by Gasteiger charge is -2.12. The first-order valence-electron chi connectivity index (χ1n) is 9.67. The van der Waals surface area contributed by atoms with Crippen LogP contribution in [0.1, 0.15) is 5.56 Å². The van der Waals surface area contributed by atoms with Gasteiger partial charge in [-0.2, -0.15) is 0 Å². The van der Waals surface area contributed by atoms with E-state index in [9.17, 15) is 19.3 Å². The average Bonchev–Trinajstić information content (AvgIpc) is 3.18. The molecular weight excluding hydrogens is 431 g/mol. The molecule has 0 saturated carbocycles. The molecule has 7 nitrogen and oxygen atoms in total. The maximum atomic E-state index is 14.2. The molecule has 5 rings (SSSR count). The zero-order valence-electron chi connectivity index (χ0n) is 16.5. The third kappa shape index (κ3) is 3.42. The SMILES string of the molecule is O=c1c2[nH]c3ccccc3c2nc(SCc2ccccc2F)n1-c1ccc([N+](=O)[O-])cc1. The van der Waals surface area contributed by atoms with Crippen molar-refractivity contribution in [3.63, 3.8) is 0 Å². The van der Waals surface area contributed by atoms with Crippen molar-refractivity contribution >= 4 is 39.4 Å². The van der Waals surface area contributed by atoms with E-state index < -0.39 is 4.92 Å². The van der Waals surface area contributed by atoms with Crippen LogP contribution in [0, 0.1) is 15.9 Å². The van der Waals surface area contributed by atoms with E-state index in [1.807, 2.05) is 24.3 Å². The van der Waals surface area contributed by atoms with Crippen molar-refractivity contribution in [2.75, 3.05) is 0 Å². The average molecular weight is 446 g/mol. The zero-order valence-corrected chi connectivity index (χ0v) is 17.3. The van der Waals surface area contributed by atoms with E-state index in [4.69, 9.17) is 4.98 Å². The first-order valence-corrected chi connectivity index (χ1v) is 10.7. The van der Waals surface area contributed by atoms with Gasteiger partial charge in [0.1, 0.15) is 16.9 Å². The monoisotopic (exact) mass is 446 g/mol. The molecule has 0 unspecified atom stereocenters. The molecule has 2 aromatic heterocycles. The van der Waals surface area contributed by atoms with Crippen LogP contribution in [-0.2, 0) is 5.75 Å². The first kappa shape index (κ1) is 20.0. The Morgan fingerprint density at radius 1 is 1.03 bits per heavy atom. The number of nitrogens with zero attached hydrogens (tertiary/aromatic N) is 3. The number of thioether (sulfide) groups is 1. The Hall–Kier alpha value is -3.98. The summed E-state index contributed by atoms with van der Waals surface area (Å²) in [5.74, 6) is -0.0719. The van der Waals surface area contributed by atoms with E-state index in [1.54, 1.807) is 18.2 Å². The number of hydrogen-bond donors (Lipinski definition) is 1. The predicted octanol–water partition coefficient (Wildman–Crippen LogP) is 5.21. The molecule has 0 saturated heterocycles. The molecule has 158 valence electrons. The summed E-state index contributed by atoms with van der Waals surface area (Å²) in [6.45, 7) is 0. The van der Waals surface area contributed by atoms with Gasteiger partial charge in [0.2, 0.25) is 0 Å². The van der Waals surface area contributed by atoms with Crippen LogP contribution in [-0.4, -0.2) is 19.5 Å². The molecule has 0 radical (unpaired) electrons. The van der Waals surface area contributed by atoms with Gasteiger partial charge in [0.15, 0.2) is 5.16 Å². The van der Waals surface area contributed by atoms with Gasteiger partial charge in [0.25, 0.3) is 11.2 Å². The summed E-state index contributed by atoms with van der Waals surface area (Å²) >= 11 is 1.22. The van der Waals surface area contributed by atoms with Crippen molar-refractivity contribution in [2.24, 2.45) is 0 Å². The van der Waals surface area contributed by atoms with Gasteiger partial charge in [-0.3, -0.25) is 19.5 Å². The number of nitrogens with one attached hydrogen (secondary N) is 1. The lowest BCUT2D eigenvalue weighted by Crippen LogP contribution is -2.21. The number of nitro benzene ring substituents is 1. The summed E-state index contributed by atoms with van der Waals surface area (Å²) in [4.78, 5) is 31.9. The number of para-hydroxylation sites is 1. The molecule has 0 bridgehead atoms. The molecular formula is C23H15FN4O3S. The minimum absolute atomic E-state index is 0.0815. The molecule has 0 aliphatic rings. The van der Waals surface area contributed by atoms with Crippen LogP contribution in [0.2, 0.25) is 0 Å². The van der Waals surface area contributed by atoms with Crippen LogP contribution in [0.15, 0.2) is 82.7 Å². The second-order valence-electron chi connectivity index (χ2n) is 7.08. The van der Waals surface area contributed by atoms with Gasteiger partial charge in [-0.1, -0.05) is 48.2 Å². The van der Waals surface area contributed by atoms with Crippen LogP contribution >= 0.6 is 11.8 Å². The molecule has 0 aliphatic carbocycles. The molecule has 2 heterocycles. The lowest BCUT2D eigenvalue weighted by molar-refractivity contribution is -0.384. The first-order chi connectivity index (χ1) is 15.5. The van der Waals surface area contributed by atoms with Crippen molar-refractivity contribution in [1.82, 2.24) is 14.5 Å². The Kier molecular flexibility index (Phi) is 4.95. The fourth-order valence-electron chi connectivity index (χ4n) is 3.55. The number of H-pyrrole nitrogens is 1. The van der Waals surface area contributed by atoms with E-state index in [1.165, 1.54) is 46.7 Å². The van der Waals surface area contributed by atoms with E-state index in [0.717, 1.165) is 10.9 Å². The van der Waals surface area contributed by atoms with Crippen molar-refractivity contribution in [2.45, 2.75) is 10.9 Å². The van der Waals surface area contributed by atoms with Gasteiger partial charge in [-0.15, -0.1) is 0 Å². The Balaban J connectivity index is 1.70. The fourth-order valence-corrected chi connectivity index (χ4v) is 4.54. The van der Waals surface area contributed by atoms with E-state index in [0.29, 0.717) is 27.4 Å². The highest BCUT2D eigenvalue weighted by Crippen LogP contribution is 2.29. The second kappa shape index (κ2) is 7.93. The highest BCUT2D eigenvalue weighted by molar-refractivity contribution is 7.98.